The molecule has 11 heavy (non-hydrogen) atoms. The average Bonchev–Trinajstić information content (AvgIpc) is 2.38. The highest BCUT2D eigenvalue weighted by atomic mass is 32.2. The molecular weight excluding hydrogens is 160 g/mol. The summed E-state index contributed by atoms with van der Waals surface area (Å²) < 4.78 is 0. The average molecular weight is 172 g/mol. The summed E-state index contributed by atoms with van der Waals surface area (Å²) in [5.74, 6) is 1.29. The molecule has 1 saturated heterocycles. The van der Waals surface area contributed by atoms with Crippen LogP contribution >= 0.6 is 11.8 Å². The van der Waals surface area contributed by atoms with Crippen molar-refractivity contribution in [3.05, 3.63) is 12.7 Å². The van der Waals surface area contributed by atoms with Crippen LogP contribution in [0.4, 0.5) is 0 Å². The lowest BCUT2D eigenvalue weighted by molar-refractivity contribution is -0.123. The first-order valence-electron chi connectivity index (χ1n) is 3.45. The number of rotatable bonds is 3. The van der Waals surface area contributed by atoms with Crippen LogP contribution < -0.4 is 11.1 Å². The SMILES string of the molecule is C=CCC1(C(N)=O)CSCN1. The van der Waals surface area contributed by atoms with E-state index >= 15 is 0 Å². The molecule has 0 bridgehead atoms. The number of hydrogen-bond donors (Lipinski definition) is 2. The van der Waals surface area contributed by atoms with Crippen LogP contribution in [0.25, 0.3) is 0 Å². The first kappa shape index (κ1) is 8.62. The van der Waals surface area contributed by atoms with E-state index in [9.17, 15) is 4.79 Å². The number of hydrogen-bond acceptors (Lipinski definition) is 3. The quantitative estimate of drug-likeness (QED) is 0.593. The van der Waals surface area contributed by atoms with Gasteiger partial charge in [-0.05, 0) is 6.42 Å². The molecule has 0 aromatic heterocycles. The Morgan fingerprint density at radius 2 is 2.64 bits per heavy atom. The molecule has 1 amide bonds. The van der Waals surface area contributed by atoms with E-state index in [1.807, 2.05) is 0 Å². The molecule has 1 aliphatic heterocycles. The van der Waals surface area contributed by atoms with Crippen molar-refractivity contribution in [3.8, 4) is 0 Å². The molecule has 1 atom stereocenters. The molecule has 1 fully saturated rings. The van der Waals surface area contributed by atoms with Crippen LogP contribution in [0.1, 0.15) is 6.42 Å². The summed E-state index contributed by atoms with van der Waals surface area (Å²) in [5.41, 5.74) is 4.73. The highest BCUT2D eigenvalue weighted by molar-refractivity contribution is 7.99. The van der Waals surface area contributed by atoms with Crippen molar-refractivity contribution in [3.63, 3.8) is 0 Å². The predicted octanol–water partition coefficient (Wildman–Crippen LogP) is 0.0805. The molecule has 4 heteroatoms. The standard InChI is InChI=1S/C7H12N2OS/c1-2-3-7(6(8)10)4-11-5-9-7/h2,9H,1,3-5H2,(H2,8,10). The summed E-state index contributed by atoms with van der Waals surface area (Å²) >= 11 is 1.69. The first-order valence-corrected chi connectivity index (χ1v) is 4.60. The lowest BCUT2D eigenvalue weighted by Gasteiger charge is -2.22. The summed E-state index contributed by atoms with van der Waals surface area (Å²) in [6.07, 6.45) is 2.35. The molecule has 0 radical (unpaired) electrons. The Bertz CT molecular complexity index is 175. The van der Waals surface area contributed by atoms with Crippen LogP contribution in [-0.2, 0) is 4.79 Å². The van der Waals surface area contributed by atoms with Gasteiger partial charge in [0.25, 0.3) is 0 Å². The zero-order valence-corrected chi connectivity index (χ0v) is 7.12. The van der Waals surface area contributed by atoms with Gasteiger partial charge in [-0.2, -0.15) is 0 Å². The van der Waals surface area contributed by atoms with Gasteiger partial charge in [-0.15, -0.1) is 18.3 Å². The number of carbonyl (C=O) groups is 1. The van der Waals surface area contributed by atoms with Gasteiger partial charge in [0.1, 0.15) is 5.54 Å². The lowest BCUT2D eigenvalue weighted by atomic mass is 9.97. The second kappa shape index (κ2) is 3.28. The summed E-state index contributed by atoms with van der Waals surface area (Å²) in [6.45, 7) is 3.59. The molecule has 3 nitrogen and oxygen atoms in total. The van der Waals surface area contributed by atoms with Gasteiger partial charge in [-0.1, -0.05) is 6.08 Å². The maximum absolute atomic E-state index is 11.0. The number of amides is 1. The van der Waals surface area contributed by atoms with Crippen LogP contribution in [0.3, 0.4) is 0 Å². The van der Waals surface area contributed by atoms with Crippen molar-refractivity contribution in [1.82, 2.24) is 5.32 Å². The number of primary amides is 1. The molecule has 1 rings (SSSR count). The second-order valence-corrected chi connectivity index (χ2v) is 3.59. The van der Waals surface area contributed by atoms with Gasteiger partial charge < -0.3 is 5.73 Å². The molecule has 1 unspecified atom stereocenters. The van der Waals surface area contributed by atoms with E-state index in [1.165, 1.54) is 0 Å². The monoisotopic (exact) mass is 172 g/mol. The predicted molar refractivity (Wildman–Crippen MR) is 47.2 cm³/mol. The highest BCUT2D eigenvalue weighted by Gasteiger charge is 2.38. The van der Waals surface area contributed by atoms with Crippen molar-refractivity contribution in [2.24, 2.45) is 5.73 Å². The van der Waals surface area contributed by atoms with Gasteiger partial charge in [0, 0.05) is 11.6 Å². The zero-order chi connectivity index (χ0) is 8.32. The molecule has 0 aromatic rings. The van der Waals surface area contributed by atoms with Crippen molar-refractivity contribution < 1.29 is 4.79 Å². The molecule has 3 N–H and O–H groups in total. The molecular formula is C7H12N2OS. The van der Waals surface area contributed by atoms with Crippen LogP contribution in [0.5, 0.6) is 0 Å². The van der Waals surface area contributed by atoms with Crippen LogP contribution in [0.2, 0.25) is 0 Å². The molecule has 1 aliphatic rings. The molecule has 0 spiro atoms. The second-order valence-electron chi connectivity index (χ2n) is 2.61. The van der Waals surface area contributed by atoms with Gasteiger partial charge in [-0.25, -0.2) is 0 Å². The third kappa shape index (κ3) is 1.57. The summed E-state index contributed by atoms with van der Waals surface area (Å²) in [4.78, 5) is 11.0. The van der Waals surface area contributed by atoms with E-state index in [0.717, 1.165) is 11.6 Å². The number of nitrogens with two attached hydrogens (primary N) is 1. The van der Waals surface area contributed by atoms with E-state index in [2.05, 4.69) is 11.9 Å². The minimum atomic E-state index is -0.521. The smallest absolute Gasteiger partial charge is 0.238 e. The Morgan fingerprint density at radius 1 is 1.91 bits per heavy atom. The number of thioether (sulfide) groups is 1. The Hall–Kier alpha value is -0.480. The Morgan fingerprint density at radius 3 is 3.00 bits per heavy atom. The highest BCUT2D eigenvalue weighted by Crippen LogP contribution is 2.23. The molecule has 62 valence electrons. The van der Waals surface area contributed by atoms with Gasteiger partial charge in [0.15, 0.2) is 0 Å². The molecule has 0 saturated carbocycles. The van der Waals surface area contributed by atoms with E-state index < -0.39 is 5.54 Å². The minimum Gasteiger partial charge on any atom is -0.368 e. The Labute approximate surface area is 70.4 Å². The fourth-order valence-electron chi connectivity index (χ4n) is 1.10. The Kier molecular flexibility index (Phi) is 2.57. The van der Waals surface area contributed by atoms with Crippen molar-refractivity contribution >= 4 is 17.7 Å². The van der Waals surface area contributed by atoms with Gasteiger partial charge in [-0.3, -0.25) is 10.1 Å². The lowest BCUT2D eigenvalue weighted by Crippen LogP contribution is -2.53. The fourth-order valence-corrected chi connectivity index (χ4v) is 2.29. The van der Waals surface area contributed by atoms with Crippen LogP contribution in [0.15, 0.2) is 12.7 Å². The topological polar surface area (TPSA) is 55.1 Å². The van der Waals surface area contributed by atoms with Crippen LogP contribution in [-0.4, -0.2) is 23.1 Å². The molecule has 0 aromatic carbocycles. The van der Waals surface area contributed by atoms with E-state index in [1.54, 1.807) is 17.8 Å². The number of nitrogens with one attached hydrogen (secondary N) is 1. The van der Waals surface area contributed by atoms with Gasteiger partial charge in [0.05, 0.1) is 0 Å². The molecule has 0 aliphatic carbocycles. The maximum Gasteiger partial charge on any atom is 0.238 e. The summed E-state index contributed by atoms with van der Waals surface area (Å²) in [7, 11) is 0. The van der Waals surface area contributed by atoms with E-state index in [4.69, 9.17) is 5.73 Å². The van der Waals surface area contributed by atoms with E-state index in [-0.39, 0.29) is 5.91 Å². The van der Waals surface area contributed by atoms with Crippen molar-refractivity contribution in [2.75, 3.05) is 11.6 Å². The van der Waals surface area contributed by atoms with Gasteiger partial charge >= 0.3 is 0 Å². The zero-order valence-electron chi connectivity index (χ0n) is 6.30. The normalized spacial score (nSPS) is 30.2. The van der Waals surface area contributed by atoms with Crippen molar-refractivity contribution in [2.45, 2.75) is 12.0 Å². The third-order valence-electron chi connectivity index (χ3n) is 1.83. The van der Waals surface area contributed by atoms with Gasteiger partial charge in [0.2, 0.25) is 5.91 Å². The maximum atomic E-state index is 11.0. The largest absolute Gasteiger partial charge is 0.368 e. The van der Waals surface area contributed by atoms with E-state index in [0.29, 0.717) is 6.42 Å². The summed E-state index contributed by atoms with van der Waals surface area (Å²) in [5, 5.41) is 3.09. The summed E-state index contributed by atoms with van der Waals surface area (Å²) in [6, 6.07) is 0. The fraction of sp³-hybridized carbons (Fsp3) is 0.571. The first-order chi connectivity index (χ1) is 5.21. The third-order valence-corrected chi connectivity index (χ3v) is 2.87. The Balaban J connectivity index is 2.69. The van der Waals surface area contributed by atoms with Crippen molar-refractivity contribution in [1.29, 1.82) is 0 Å². The number of carbonyl (C=O) groups excluding carboxylic acids is 1. The van der Waals surface area contributed by atoms with Crippen LogP contribution in [0, 0.1) is 0 Å². The molecule has 1 heterocycles. The minimum absolute atomic E-state index is 0.276.